The molecule has 2 unspecified atom stereocenters. The third-order valence-electron chi connectivity index (χ3n) is 6.93. The van der Waals surface area contributed by atoms with Gasteiger partial charge >= 0.3 is 0 Å². The molecule has 190 valence electrons. The minimum atomic E-state index is -1.35. The lowest BCUT2D eigenvalue weighted by Crippen LogP contribution is -2.37. The van der Waals surface area contributed by atoms with Crippen LogP contribution in [0, 0.1) is 0 Å². The molecule has 0 saturated carbocycles. The van der Waals surface area contributed by atoms with Crippen LogP contribution in [-0.2, 0) is 5.60 Å². The third kappa shape index (κ3) is 5.70. The van der Waals surface area contributed by atoms with Gasteiger partial charge in [0.1, 0.15) is 29.5 Å². The van der Waals surface area contributed by atoms with Crippen LogP contribution in [0.4, 0.5) is 0 Å². The van der Waals surface area contributed by atoms with Gasteiger partial charge in [0.25, 0.3) is 0 Å². The monoisotopic (exact) mass is 507 g/mol. The quantitative estimate of drug-likeness (QED) is 0.404. The summed E-state index contributed by atoms with van der Waals surface area (Å²) in [4.78, 5) is 2.47. The summed E-state index contributed by atoms with van der Waals surface area (Å²) in [7, 11) is 1.62. The number of likely N-dealkylation sites (tertiary alicyclic amines) is 1. The number of fused-ring (bicyclic) bond motifs is 1. The first kappa shape index (κ1) is 26.1. The topological polar surface area (TPSA) is 51.2 Å². The van der Waals surface area contributed by atoms with E-state index >= 15 is 0 Å². The molecule has 1 N–H and O–H groups in total. The summed E-state index contributed by atoms with van der Waals surface area (Å²) in [6, 6.07) is 23.2. The fourth-order valence-corrected chi connectivity index (χ4v) is 4.94. The molecule has 0 radical (unpaired) electrons. The number of piperidine rings is 1. The molecule has 2 aliphatic rings. The molecule has 0 bridgehead atoms. The fraction of sp³-hybridized carbons (Fsp3) is 0.333. The van der Waals surface area contributed by atoms with Crippen molar-refractivity contribution in [2.24, 2.45) is 0 Å². The van der Waals surface area contributed by atoms with E-state index in [-0.39, 0.29) is 12.4 Å². The van der Waals surface area contributed by atoms with Crippen molar-refractivity contribution in [2.75, 3.05) is 33.4 Å². The van der Waals surface area contributed by atoms with E-state index in [4.69, 9.17) is 14.2 Å². The molecular weight excluding hydrogens is 474 g/mol. The van der Waals surface area contributed by atoms with Crippen molar-refractivity contribution in [3.05, 3.63) is 95.6 Å². The zero-order valence-corrected chi connectivity index (χ0v) is 21.5. The van der Waals surface area contributed by atoms with Crippen molar-refractivity contribution in [3.8, 4) is 17.2 Å². The summed E-state index contributed by atoms with van der Waals surface area (Å²) >= 11 is 0. The Hall–Kier alpha value is -2.99. The lowest BCUT2D eigenvalue weighted by atomic mass is 9.78. The average Bonchev–Trinajstić information content (AvgIpc) is 2.92. The molecule has 0 aromatic heterocycles. The SMILES string of the molecule is COc1cccc(C2(O)C=Cc3ccccc3C2Oc2ccc(OCCN3CCCCC3)cc2)c1.Cl. The summed E-state index contributed by atoms with van der Waals surface area (Å²) in [5.41, 5.74) is 1.32. The van der Waals surface area contributed by atoms with Crippen LogP contribution in [0.1, 0.15) is 42.1 Å². The van der Waals surface area contributed by atoms with Crippen LogP contribution in [0.2, 0.25) is 0 Å². The van der Waals surface area contributed by atoms with Crippen molar-refractivity contribution in [2.45, 2.75) is 31.0 Å². The predicted octanol–water partition coefficient (Wildman–Crippen LogP) is 6.02. The maximum absolute atomic E-state index is 11.9. The molecule has 1 saturated heterocycles. The zero-order chi connectivity index (χ0) is 24.1. The van der Waals surface area contributed by atoms with Crippen LogP contribution in [0.15, 0.2) is 78.9 Å². The van der Waals surface area contributed by atoms with Gasteiger partial charge in [0.2, 0.25) is 0 Å². The number of aliphatic hydroxyl groups is 1. The lowest BCUT2D eigenvalue weighted by Gasteiger charge is -2.38. The average molecular weight is 508 g/mol. The number of methoxy groups -OCH3 is 1. The molecule has 5 rings (SSSR count). The maximum atomic E-state index is 11.9. The molecule has 2 atom stereocenters. The van der Waals surface area contributed by atoms with E-state index < -0.39 is 11.7 Å². The molecule has 36 heavy (non-hydrogen) atoms. The van der Waals surface area contributed by atoms with Gasteiger partial charge in [-0.05, 0) is 79.5 Å². The molecule has 3 aromatic carbocycles. The normalized spacial score (nSPS) is 21.2. The van der Waals surface area contributed by atoms with E-state index in [1.807, 2.05) is 84.9 Å². The summed E-state index contributed by atoms with van der Waals surface area (Å²) in [5.74, 6) is 2.18. The first-order chi connectivity index (χ1) is 17.2. The number of ether oxygens (including phenoxy) is 3. The summed E-state index contributed by atoms with van der Waals surface area (Å²) in [5, 5.41) is 11.9. The second kappa shape index (κ2) is 11.8. The number of benzene rings is 3. The Labute approximate surface area is 219 Å². The minimum absolute atomic E-state index is 0. The zero-order valence-electron chi connectivity index (χ0n) is 20.6. The van der Waals surface area contributed by atoms with E-state index in [1.54, 1.807) is 7.11 Å². The third-order valence-corrected chi connectivity index (χ3v) is 6.93. The van der Waals surface area contributed by atoms with E-state index in [9.17, 15) is 5.11 Å². The Balaban J connectivity index is 0.00000304. The number of rotatable bonds is 8. The first-order valence-corrected chi connectivity index (χ1v) is 12.4. The lowest BCUT2D eigenvalue weighted by molar-refractivity contribution is -0.0324. The van der Waals surface area contributed by atoms with Gasteiger partial charge in [-0.25, -0.2) is 0 Å². The van der Waals surface area contributed by atoms with Gasteiger partial charge in [0.15, 0.2) is 6.10 Å². The highest BCUT2D eigenvalue weighted by Gasteiger charge is 2.42. The van der Waals surface area contributed by atoms with Crippen molar-refractivity contribution in [1.29, 1.82) is 0 Å². The van der Waals surface area contributed by atoms with E-state index in [2.05, 4.69) is 4.90 Å². The fourth-order valence-electron chi connectivity index (χ4n) is 4.94. The van der Waals surface area contributed by atoms with E-state index in [1.165, 1.54) is 32.4 Å². The molecule has 6 heteroatoms. The summed E-state index contributed by atoms with van der Waals surface area (Å²) in [6.45, 7) is 3.97. The number of hydrogen-bond acceptors (Lipinski definition) is 5. The van der Waals surface area contributed by atoms with Crippen molar-refractivity contribution >= 4 is 18.5 Å². The second-order valence-corrected chi connectivity index (χ2v) is 9.24. The van der Waals surface area contributed by atoms with Gasteiger partial charge in [-0.15, -0.1) is 12.4 Å². The molecule has 1 heterocycles. The highest BCUT2D eigenvalue weighted by molar-refractivity contribution is 5.85. The van der Waals surface area contributed by atoms with Gasteiger partial charge in [-0.3, -0.25) is 4.90 Å². The van der Waals surface area contributed by atoms with E-state index in [0.29, 0.717) is 23.7 Å². The van der Waals surface area contributed by atoms with Gasteiger partial charge in [-0.1, -0.05) is 48.9 Å². The predicted molar refractivity (Wildman–Crippen MR) is 145 cm³/mol. The molecule has 0 amide bonds. The van der Waals surface area contributed by atoms with Gasteiger partial charge in [0, 0.05) is 12.1 Å². The van der Waals surface area contributed by atoms with Gasteiger partial charge < -0.3 is 19.3 Å². The molecular formula is C30H34ClNO4. The van der Waals surface area contributed by atoms with Crippen LogP contribution in [-0.4, -0.2) is 43.4 Å². The van der Waals surface area contributed by atoms with Crippen molar-refractivity contribution in [3.63, 3.8) is 0 Å². The minimum Gasteiger partial charge on any atom is -0.497 e. The Morgan fingerprint density at radius 2 is 1.64 bits per heavy atom. The van der Waals surface area contributed by atoms with Crippen LogP contribution in [0.3, 0.4) is 0 Å². The van der Waals surface area contributed by atoms with Gasteiger partial charge in [-0.2, -0.15) is 0 Å². The standard InChI is InChI=1S/C30H33NO4.ClH/c1-33-27-10-7-9-24(22-27)30(32)17-16-23-8-3-4-11-28(23)29(30)35-26-14-12-25(13-15-26)34-21-20-31-18-5-2-6-19-31;/h3-4,7-17,22,29,32H,2,5-6,18-21H2,1H3;1H. The van der Waals surface area contributed by atoms with Crippen molar-refractivity contribution in [1.82, 2.24) is 4.90 Å². The van der Waals surface area contributed by atoms with Gasteiger partial charge in [0.05, 0.1) is 7.11 Å². The summed E-state index contributed by atoms with van der Waals surface area (Å²) < 4.78 is 17.9. The number of halogens is 1. The van der Waals surface area contributed by atoms with E-state index in [0.717, 1.165) is 23.4 Å². The molecule has 5 nitrogen and oxygen atoms in total. The summed E-state index contributed by atoms with van der Waals surface area (Å²) in [6.07, 6.45) is 7.05. The molecule has 3 aromatic rings. The molecule has 1 aliphatic heterocycles. The Morgan fingerprint density at radius 3 is 2.42 bits per heavy atom. The van der Waals surface area contributed by atoms with Crippen molar-refractivity contribution < 1.29 is 19.3 Å². The van der Waals surface area contributed by atoms with Crippen LogP contribution >= 0.6 is 12.4 Å². The molecule has 1 fully saturated rings. The maximum Gasteiger partial charge on any atom is 0.161 e. The van der Waals surface area contributed by atoms with Crippen LogP contribution < -0.4 is 14.2 Å². The van der Waals surface area contributed by atoms with Crippen LogP contribution in [0.5, 0.6) is 17.2 Å². The highest BCUT2D eigenvalue weighted by Crippen LogP contribution is 2.45. The first-order valence-electron chi connectivity index (χ1n) is 12.4. The Bertz CT molecular complexity index is 1160. The smallest absolute Gasteiger partial charge is 0.161 e. The highest BCUT2D eigenvalue weighted by atomic mass is 35.5. The second-order valence-electron chi connectivity index (χ2n) is 9.24. The Kier molecular flexibility index (Phi) is 8.57. The molecule has 0 spiro atoms. The molecule has 1 aliphatic carbocycles. The number of hydrogen-bond donors (Lipinski definition) is 1. The largest absolute Gasteiger partial charge is 0.497 e. The van der Waals surface area contributed by atoms with Crippen LogP contribution in [0.25, 0.3) is 6.08 Å². The number of nitrogens with zero attached hydrogens (tertiary/aromatic N) is 1. The Morgan fingerprint density at radius 1 is 0.889 bits per heavy atom.